The van der Waals surface area contributed by atoms with E-state index in [1.54, 1.807) is 0 Å². The number of aromatic nitrogens is 2. The smallest absolute Gasteiger partial charge is 0.0681 e. The molecular weight excluding hydrogens is 186 g/mol. The van der Waals surface area contributed by atoms with Gasteiger partial charge in [-0.3, -0.25) is 4.68 Å². The molecule has 72 valence electrons. The molecule has 2 rings (SSSR count). The molecule has 0 saturated carbocycles. The van der Waals surface area contributed by atoms with Gasteiger partial charge in [-0.05, 0) is 13.0 Å². The maximum atomic E-state index is 4.31. The Morgan fingerprint density at radius 1 is 1.23 bits per heavy atom. The van der Waals surface area contributed by atoms with Crippen molar-refractivity contribution in [3.63, 3.8) is 0 Å². The molecule has 0 saturated heterocycles. The fourth-order valence-corrected chi connectivity index (χ4v) is 1.39. The first kappa shape index (κ1) is 11.9. The first-order valence-electron chi connectivity index (χ1n) is 3.67. The van der Waals surface area contributed by atoms with Crippen LogP contribution in [-0.4, -0.2) is 9.78 Å². The Bertz CT molecular complexity index is 359. The van der Waals surface area contributed by atoms with Crippen LogP contribution in [0.4, 0.5) is 0 Å². The molecule has 0 unspecified atom stereocenters. The zero-order valence-electron chi connectivity index (χ0n) is 7.82. The Hall–Kier alpha value is -1.06. The predicted molar refractivity (Wildman–Crippen MR) is 57.7 cm³/mol. The number of hydrogen-bond acceptors (Lipinski definition) is 2. The molecule has 3 nitrogen and oxygen atoms in total. The van der Waals surface area contributed by atoms with Crippen LogP contribution in [-0.2, 0) is 7.05 Å². The van der Waals surface area contributed by atoms with Crippen molar-refractivity contribution in [2.45, 2.75) is 6.92 Å². The van der Waals surface area contributed by atoms with E-state index in [9.17, 15) is 0 Å². The van der Waals surface area contributed by atoms with Crippen LogP contribution in [0.25, 0.3) is 10.9 Å². The van der Waals surface area contributed by atoms with E-state index >= 15 is 0 Å². The van der Waals surface area contributed by atoms with Gasteiger partial charge >= 0.3 is 0 Å². The molecule has 0 amide bonds. The number of benzene rings is 1. The standard InChI is InChI=1S/C9H10N2.ClH.H3N/c1-7-8-5-3-4-6-9(8)11(2)10-7;;/h3-6H,1-2H3;1H;1H3. The molecule has 0 radical (unpaired) electrons. The molecule has 1 heterocycles. The van der Waals surface area contributed by atoms with Crippen LogP contribution >= 0.6 is 12.4 Å². The average molecular weight is 200 g/mol. The highest BCUT2D eigenvalue weighted by molar-refractivity contribution is 5.85. The summed E-state index contributed by atoms with van der Waals surface area (Å²) >= 11 is 0. The van der Waals surface area contributed by atoms with E-state index in [2.05, 4.69) is 17.2 Å². The lowest BCUT2D eigenvalue weighted by Gasteiger charge is -1.90. The van der Waals surface area contributed by atoms with Gasteiger partial charge in [-0.15, -0.1) is 12.4 Å². The van der Waals surface area contributed by atoms with Gasteiger partial charge in [0.25, 0.3) is 0 Å². The molecule has 2 aromatic rings. The van der Waals surface area contributed by atoms with Crippen LogP contribution < -0.4 is 6.15 Å². The molecule has 3 N–H and O–H groups in total. The van der Waals surface area contributed by atoms with Gasteiger partial charge in [0.1, 0.15) is 0 Å². The topological polar surface area (TPSA) is 52.8 Å². The number of hydrogen-bond donors (Lipinski definition) is 1. The van der Waals surface area contributed by atoms with E-state index in [4.69, 9.17) is 0 Å². The van der Waals surface area contributed by atoms with Gasteiger partial charge in [-0.2, -0.15) is 5.10 Å². The van der Waals surface area contributed by atoms with E-state index in [0.29, 0.717) is 0 Å². The zero-order valence-corrected chi connectivity index (χ0v) is 8.64. The number of para-hydroxylation sites is 1. The van der Waals surface area contributed by atoms with Crippen LogP contribution in [0, 0.1) is 6.92 Å². The monoisotopic (exact) mass is 199 g/mol. The average Bonchev–Trinajstić information content (AvgIpc) is 2.30. The molecular formula is C9H14ClN3. The third-order valence-electron chi connectivity index (χ3n) is 1.94. The molecule has 1 aromatic heterocycles. The van der Waals surface area contributed by atoms with Crippen LogP contribution in [0.2, 0.25) is 0 Å². The van der Waals surface area contributed by atoms with Crippen molar-refractivity contribution in [1.82, 2.24) is 15.9 Å². The van der Waals surface area contributed by atoms with Crippen LogP contribution in [0.3, 0.4) is 0 Å². The van der Waals surface area contributed by atoms with Crippen molar-refractivity contribution in [3.8, 4) is 0 Å². The van der Waals surface area contributed by atoms with Crippen molar-refractivity contribution >= 4 is 23.3 Å². The van der Waals surface area contributed by atoms with Gasteiger partial charge < -0.3 is 6.15 Å². The lowest BCUT2D eigenvalue weighted by molar-refractivity contribution is 0.783. The maximum absolute atomic E-state index is 4.31. The predicted octanol–water partition coefficient (Wildman–Crippen LogP) is 2.47. The molecule has 0 fully saturated rings. The fourth-order valence-electron chi connectivity index (χ4n) is 1.39. The summed E-state index contributed by atoms with van der Waals surface area (Å²) in [6, 6.07) is 8.24. The summed E-state index contributed by atoms with van der Waals surface area (Å²) in [5.74, 6) is 0. The van der Waals surface area contributed by atoms with Crippen molar-refractivity contribution in [2.24, 2.45) is 7.05 Å². The number of aryl methyl sites for hydroxylation is 2. The first-order chi connectivity index (χ1) is 5.29. The lowest BCUT2D eigenvalue weighted by atomic mass is 10.2. The minimum atomic E-state index is 0. The highest BCUT2D eigenvalue weighted by Gasteiger charge is 2.00. The first-order valence-corrected chi connectivity index (χ1v) is 3.67. The van der Waals surface area contributed by atoms with Gasteiger partial charge in [-0.1, -0.05) is 18.2 Å². The van der Waals surface area contributed by atoms with Gasteiger partial charge in [0, 0.05) is 12.4 Å². The summed E-state index contributed by atoms with van der Waals surface area (Å²) in [6.07, 6.45) is 0. The molecule has 0 atom stereocenters. The Balaban J connectivity index is 0.000000720. The summed E-state index contributed by atoms with van der Waals surface area (Å²) in [5, 5.41) is 5.55. The van der Waals surface area contributed by atoms with Crippen molar-refractivity contribution in [1.29, 1.82) is 0 Å². The van der Waals surface area contributed by atoms with Crippen LogP contribution in [0.1, 0.15) is 5.69 Å². The second-order valence-corrected chi connectivity index (χ2v) is 2.73. The van der Waals surface area contributed by atoms with Gasteiger partial charge in [0.05, 0.1) is 11.2 Å². The molecule has 0 aliphatic carbocycles. The molecule has 0 bridgehead atoms. The van der Waals surface area contributed by atoms with E-state index in [0.717, 1.165) is 5.69 Å². The molecule has 13 heavy (non-hydrogen) atoms. The van der Waals surface area contributed by atoms with Crippen LogP contribution in [0.15, 0.2) is 24.3 Å². The molecule has 0 aliphatic heterocycles. The van der Waals surface area contributed by atoms with Crippen molar-refractivity contribution in [3.05, 3.63) is 30.0 Å². The van der Waals surface area contributed by atoms with Crippen molar-refractivity contribution in [2.75, 3.05) is 0 Å². The molecule has 0 aliphatic rings. The third kappa shape index (κ3) is 1.82. The lowest BCUT2D eigenvalue weighted by Crippen LogP contribution is -1.88. The van der Waals surface area contributed by atoms with Crippen LogP contribution in [0.5, 0.6) is 0 Å². The highest BCUT2D eigenvalue weighted by atomic mass is 35.5. The number of halogens is 1. The van der Waals surface area contributed by atoms with E-state index < -0.39 is 0 Å². The minimum Gasteiger partial charge on any atom is -0.344 e. The summed E-state index contributed by atoms with van der Waals surface area (Å²) in [5.41, 5.74) is 2.30. The number of nitrogens with zero attached hydrogens (tertiary/aromatic N) is 2. The van der Waals surface area contributed by atoms with Gasteiger partial charge in [0.2, 0.25) is 0 Å². The second kappa shape index (κ2) is 4.25. The Kier molecular flexibility index (Phi) is 3.91. The van der Waals surface area contributed by atoms with Gasteiger partial charge in [-0.25, -0.2) is 0 Å². The molecule has 1 aromatic carbocycles. The van der Waals surface area contributed by atoms with E-state index in [1.165, 1.54) is 10.9 Å². The minimum absolute atomic E-state index is 0. The van der Waals surface area contributed by atoms with E-state index in [1.807, 2.05) is 30.8 Å². The second-order valence-electron chi connectivity index (χ2n) is 2.73. The molecule has 0 spiro atoms. The Labute approximate surface area is 83.7 Å². The van der Waals surface area contributed by atoms with Gasteiger partial charge in [0.15, 0.2) is 0 Å². The summed E-state index contributed by atoms with van der Waals surface area (Å²) in [6.45, 7) is 2.03. The quantitative estimate of drug-likeness (QED) is 0.709. The summed E-state index contributed by atoms with van der Waals surface area (Å²) < 4.78 is 1.91. The number of fused-ring (bicyclic) bond motifs is 1. The maximum Gasteiger partial charge on any atom is 0.0681 e. The zero-order chi connectivity index (χ0) is 7.84. The highest BCUT2D eigenvalue weighted by Crippen LogP contribution is 2.15. The fraction of sp³-hybridized carbons (Fsp3) is 0.222. The summed E-state index contributed by atoms with van der Waals surface area (Å²) in [7, 11) is 1.97. The van der Waals surface area contributed by atoms with Crippen molar-refractivity contribution < 1.29 is 0 Å². The Morgan fingerprint density at radius 3 is 2.46 bits per heavy atom. The normalized spacial score (nSPS) is 9.08. The third-order valence-corrected chi connectivity index (χ3v) is 1.94. The summed E-state index contributed by atoms with van der Waals surface area (Å²) in [4.78, 5) is 0. The van der Waals surface area contributed by atoms with E-state index in [-0.39, 0.29) is 18.6 Å². The molecule has 4 heteroatoms. The largest absolute Gasteiger partial charge is 0.344 e. The Morgan fingerprint density at radius 2 is 1.85 bits per heavy atom. The SMILES string of the molecule is Cc1nn(C)c2ccccc12.Cl.N. The number of rotatable bonds is 0.